The summed E-state index contributed by atoms with van der Waals surface area (Å²) in [6.07, 6.45) is 0.0899. The second kappa shape index (κ2) is 6.19. The molecule has 0 aliphatic rings. The number of para-hydroxylation sites is 3. The van der Waals surface area contributed by atoms with E-state index in [1.54, 1.807) is 12.1 Å². The van der Waals surface area contributed by atoms with Crippen molar-refractivity contribution >= 4 is 5.69 Å². The minimum atomic E-state index is -0.115. The maximum absolute atomic E-state index is 9.77. The second-order valence-electron chi connectivity index (χ2n) is 4.80. The smallest absolute Gasteiger partial charge is 0.162 e. The zero-order valence-corrected chi connectivity index (χ0v) is 11.6. The molecule has 0 aliphatic carbocycles. The zero-order chi connectivity index (χ0) is 14.5. The fourth-order valence-electron chi connectivity index (χ4n) is 1.88. The molecule has 0 aromatic heterocycles. The molecule has 0 heterocycles. The highest BCUT2D eigenvalue weighted by Crippen LogP contribution is 2.30. The maximum Gasteiger partial charge on any atom is 0.162 e. The number of phenolic OH excluding ortho intramolecular Hbond substituents is 2. The number of phenols is 2. The SMILES string of the molecule is CC(C)Oc1ccccc1NCc1cccc(O)c1O. The average Bonchev–Trinajstić information content (AvgIpc) is 2.41. The quantitative estimate of drug-likeness (QED) is 0.730. The Labute approximate surface area is 118 Å². The minimum Gasteiger partial charge on any atom is -0.504 e. The molecular formula is C16H19NO3. The van der Waals surface area contributed by atoms with Crippen molar-refractivity contribution in [1.82, 2.24) is 0 Å². The first-order valence-corrected chi connectivity index (χ1v) is 6.57. The summed E-state index contributed by atoms with van der Waals surface area (Å²) in [5, 5.41) is 22.4. The van der Waals surface area contributed by atoms with Crippen LogP contribution in [-0.2, 0) is 6.54 Å². The van der Waals surface area contributed by atoms with Gasteiger partial charge in [0.15, 0.2) is 11.5 Å². The van der Waals surface area contributed by atoms with Gasteiger partial charge in [-0.3, -0.25) is 0 Å². The molecule has 106 valence electrons. The highest BCUT2D eigenvalue weighted by molar-refractivity contribution is 5.57. The number of aromatic hydroxyl groups is 2. The zero-order valence-electron chi connectivity index (χ0n) is 11.6. The van der Waals surface area contributed by atoms with Crippen LogP contribution in [0.15, 0.2) is 42.5 Å². The predicted molar refractivity (Wildman–Crippen MR) is 79.3 cm³/mol. The molecule has 4 nitrogen and oxygen atoms in total. The van der Waals surface area contributed by atoms with Gasteiger partial charge >= 0.3 is 0 Å². The van der Waals surface area contributed by atoms with Crippen LogP contribution in [0.1, 0.15) is 19.4 Å². The molecule has 0 saturated heterocycles. The van der Waals surface area contributed by atoms with Gasteiger partial charge in [-0.15, -0.1) is 0 Å². The first-order chi connectivity index (χ1) is 9.58. The molecule has 0 saturated carbocycles. The van der Waals surface area contributed by atoms with Crippen molar-refractivity contribution in [2.75, 3.05) is 5.32 Å². The van der Waals surface area contributed by atoms with E-state index in [0.717, 1.165) is 11.4 Å². The van der Waals surface area contributed by atoms with Gasteiger partial charge in [0.25, 0.3) is 0 Å². The molecule has 3 N–H and O–H groups in total. The lowest BCUT2D eigenvalue weighted by Gasteiger charge is -2.16. The lowest BCUT2D eigenvalue weighted by Crippen LogP contribution is -2.08. The largest absolute Gasteiger partial charge is 0.504 e. The first-order valence-electron chi connectivity index (χ1n) is 6.57. The van der Waals surface area contributed by atoms with E-state index in [2.05, 4.69) is 5.32 Å². The topological polar surface area (TPSA) is 61.7 Å². The maximum atomic E-state index is 9.77. The van der Waals surface area contributed by atoms with Crippen molar-refractivity contribution in [2.24, 2.45) is 0 Å². The summed E-state index contributed by atoms with van der Waals surface area (Å²) in [4.78, 5) is 0. The lowest BCUT2D eigenvalue weighted by molar-refractivity contribution is 0.243. The van der Waals surface area contributed by atoms with E-state index < -0.39 is 0 Å². The fraction of sp³-hybridized carbons (Fsp3) is 0.250. The Morgan fingerprint density at radius 2 is 1.80 bits per heavy atom. The van der Waals surface area contributed by atoms with E-state index in [1.165, 1.54) is 6.07 Å². The summed E-state index contributed by atoms with van der Waals surface area (Å²) in [6, 6.07) is 12.5. The molecule has 4 heteroatoms. The fourth-order valence-corrected chi connectivity index (χ4v) is 1.88. The molecule has 2 aromatic rings. The number of nitrogens with one attached hydrogen (secondary N) is 1. The highest BCUT2D eigenvalue weighted by atomic mass is 16.5. The molecule has 2 aromatic carbocycles. The molecule has 0 bridgehead atoms. The van der Waals surface area contributed by atoms with E-state index in [4.69, 9.17) is 4.74 Å². The van der Waals surface area contributed by atoms with E-state index in [1.807, 2.05) is 38.1 Å². The Kier molecular flexibility index (Phi) is 4.35. The van der Waals surface area contributed by atoms with Crippen molar-refractivity contribution in [3.8, 4) is 17.2 Å². The average molecular weight is 273 g/mol. The van der Waals surface area contributed by atoms with Crippen LogP contribution in [0, 0.1) is 0 Å². The van der Waals surface area contributed by atoms with Crippen molar-refractivity contribution < 1.29 is 14.9 Å². The van der Waals surface area contributed by atoms with Crippen LogP contribution in [0.3, 0.4) is 0 Å². The van der Waals surface area contributed by atoms with Gasteiger partial charge in [0.2, 0.25) is 0 Å². The van der Waals surface area contributed by atoms with Crippen LogP contribution < -0.4 is 10.1 Å². The van der Waals surface area contributed by atoms with Crippen molar-refractivity contribution in [3.05, 3.63) is 48.0 Å². The van der Waals surface area contributed by atoms with Gasteiger partial charge in [0.1, 0.15) is 5.75 Å². The Hall–Kier alpha value is -2.36. The van der Waals surface area contributed by atoms with Crippen molar-refractivity contribution in [2.45, 2.75) is 26.5 Å². The van der Waals surface area contributed by atoms with Crippen LogP contribution in [0.25, 0.3) is 0 Å². The van der Waals surface area contributed by atoms with Crippen LogP contribution in [0.4, 0.5) is 5.69 Å². The number of rotatable bonds is 5. The number of benzene rings is 2. The molecule has 0 radical (unpaired) electrons. The van der Waals surface area contributed by atoms with Gasteiger partial charge in [0.05, 0.1) is 11.8 Å². The standard InChI is InChI=1S/C16H19NO3/c1-11(2)20-15-9-4-3-7-13(15)17-10-12-6-5-8-14(18)16(12)19/h3-9,11,17-19H,10H2,1-2H3. The molecule has 0 fully saturated rings. The van der Waals surface area contributed by atoms with Crippen molar-refractivity contribution in [3.63, 3.8) is 0 Å². The van der Waals surface area contributed by atoms with E-state index in [0.29, 0.717) is 12.1 Å². The Morgan fingerprint density at radius 3 is 2.55 bits per heavy atom. The van der Waals surface area contributed by atoms with Crippen LogP contribution in [0.2, 0.25) is 0 Å². The molecule has 0 unspecified atom stereocenters. The van der Waals surface area contributed by atoms with Crippen molar-refractivity contribution in [1.29, 1.82) is 0 Å². The molecule has 0 aliphatic heterocycles. The normalized spacial score (nSPS) is 10.6. The molecule has 0 spiro atoms. The van der Waals surface area contributed by atoms with Crippen LogP contribution in [0.5, 0.6) is 17.2 Å². The van der Waals surface area contributed by atoms with Gasteiger partial charge in [-0.1, -0.05) is 24.3 Å². The van der Waals surface area contributed by atoms with E-state index in [9.17, 15) is 10.2 Å². The number of hydrogen-bond acceptors (Lipinski definition) is 4. The summed E-state index contributed by atoms with van der Waals surface area (Å²) in [5.41, 5.74) is 1.48. The third-order valence-corrected chi connectivity index (χ3v) is 2.82. The van der Waals surface area contributed by atoms with Crippen LogP contribution >= 0.6 is 0 Å². The summed E-state index contributed by atoms with van der Waals surface area (Å²) >= 11 is 0. The van der Waals surface area contributed by atoms with E-state index in [-0.39, 0.29) is 17.6 Å². The van der Waals surface area contributed by atoms with Crippen LogP contribution in [-0.4, -0.2) is 16.3 Å². The molecule has 0 amide bonds. The second-order valence-corrected chi connectivity index (χ2v) is 4.80. The number of ether oxygens (including phenoxy) is 1. The monoisotopic (exact) mass is 273 g/mol. The Morgan fingerprint density at radius 1 is 1.05 bits per heavy atom. The predicted octanol–water partition coefficient (Wildman–Crippen LogP) is 3.50. The summed E-state index contributed by atoms with van der Waals surface area (Å²) < 4.78 is 5.71. The first kappa shape index (κ1) is 14.1. The summed E-state index contributed by atoms with van der Waals surface area (Å²) in [7, 11) is 0. The molecule has 20 heavy (non-hydrogen) atoms. The number of hydrogen-bond donors (Lipinski definition) is 3. The van der Waals surface area contributed by atoms with Gasteiger partial charge in [-0.05, 0) is 32.0 Å². The molecular weight excluding hydrogens is 254 g/mol. The lowest BCUT2D eigenvalue weighted by atomic mass is 10.2. The number of anilines is 1. The van der Waals surface area contributed by atoms with Gasteiger partial charge in [0, 0.05) is 12.1 Å². The third-order valence-electron chi connectivity index (χ3n) is 2.82. The van der Waals surface area contributed by atoms with Gasteiger partial charge in [-0.2, -0.15) is 0 Å². The summed E-state index contributed by atoms with van der Waals surface area (Å²) in [6.45, 7) is 4.34. The van der Waals surface area contributed by atoms with Gasteiger partial charge in [-0.25, -0.2) is 0 Å². The third kappa shape index (κ3) is 3.35. The Balaban J connectivity index is 2.13. The summed E-state index contributed by atoms with van der Waals surface area (Å²) in [5.74, 6) is 0.556. The van der Waals surface area contributed by atoms with Gasteiger partial charge < -0.3 is 20.3 Å². The molecule has 0 atom stereocenters. The molecule has 2 rings (SSSR count). The highest BCUT2D eigenvalue weighted by Gasteiger charge is 2.08. The minimum absolute atomic E-state index is 0.0899. The Bertz CT molecular complexity index is 582. The van der Waals surface area contributed by atoms with E-state index >= 15 is 0 Å².